The number of carbonyl (C=O) groups is 4. The average molecular weight is 327 g/mol. The second kappa shape index (κ2) is 7.68. The molecule has 0 bridgehead atoms. The Bertz CT molecular complexity index is 535. The third-order valence-corrected chi connectivity index (χ3v) is 3.70. The number of amides is 2. The van der Waals surface area contributed by atoms with Crippen molar-refractivity contribution in [3.8, 4) is 0 Å². The lowest BCUT2D eigenvalue weighted by Crippen LogP contribution is -2.64. The molecule has 1 saturated heterocycles. The Balaban J connectivity index is 3.19. The van der Waals surface area contributed by atoms with E-state index in [2.05, 4.69) is 5.32 Å². The number of hydrogen-bond donors (Lipinski definition) is 5. The molecule has 10 heteroatoms. The summed E-state index contributed by atoms with van der Waals surface area (Å²) in [4.78, 5) is 49.0. The van der Waals surface area contributed by atoms with Crippen molar-refractivity contribution in [3.05, 3.63) is 0 Å². The first-order valence-corrected chi connectivity index (χ1v) is 7.18. The summed E-state index contributed by atoms with van der Waals surface area (Å²) in [5.41, 5.74) is 8.15. The summed E-state index contributed by atoms with van der Waals surface area (Å²) in [6.45, 7) is -0.434. The van der Waals surface area contributed by atoms with Crippen molar-refractivity contribution in [3.63, 3.8) is 0 Å². The molecule has 2 amide bonds. The topological polar surface area (TPSA) is 180 Å². The van der Waals surface area contributed by atoms with Crippen molar-refractivity contribution < 1.29 is 24.3 Å². The normalized spacial score (nSPS) is 21.7. The number of aliphatic carboxylic acids is 1. The maximum Gasteiger partial charge on any atom is 0.337 e. The van der Waals surface area contributed by atoms with Crippen LogP contribution >= 0.6 is 0 Å². The van der Waals surface area contributed by atoms with Crippen LogP contribution in [0.1, 0.15) is 32.1 Å². The lowest BCUT2D eigenvalue weighted by molar-refractivity contribution is -0.170. The van der Waals surface area contributed by atoms with E-state index in [9.17, 15) is 24.3 Å². The second-order valence-corrected chi connectivity index (χ2v) is 5.21. The first-order chi connectivity index (χ1) is 10.8. The van der Waals surface area contributed by atoms with E-state index in [4.69, 9.17) is 16.9 Å². The molecular weight excluding hydrogens is 306 g/mol. The van der Waals surface area contributed by atoms with Crippen molar-refractivity contribution in [2.45, 2.75) is 37.6 Å². The van der Waals surface area contributed by atoms with E-state index in [1.54, 1.807) is 0 Å². The molecule has 1 aliphatic rings. The number of nitrogens with one attached hydrogen (secondary N) is 2. The number of rotatable bonds is 6. The summed E-state index contributed by atoms with van der Waals surface area (Å²) >= 11 is 0. The highest BCUT2D eigenvalue weighted by Gasteiger charge is 2.55. The molecule has 1 fully saturated rings. The van der Waals surface area contributed by atoms with Gasteiger partial charge in [0.25, 0.3) is 0 Å². The highest BCUT2D eigenvalue weighted by Crippen LogP contribution is 2.30. The first kappa shape index (κ1) is 18.6. The smallest absolute Gasteiger partial charge is 0.337 e. The van der Waals surface area contributed by atoms with Gasteiger partial charge < -0.3 is 21.9 Å². The zero-order valence-corrected chi connectivity index (χ0v) is 12.6. The van der Waals surface area contributed by atoms with Crippen LogP contribution in [0.3, 0.4) is 0 Å². The molecule has 0 aromatic heterocycles. The minimum Gasteiger partial charge on any atom is -0.479 e. The van der Waals surface area contributed by atoms with Crippen LogP contribution in [0.2, 0.25) is 0 Å². The molecule has 1 atom stereocenters. The van der Waals surface area contributed by atoms with Crippen molar-refractivity contribution in [1.29, 1.82) is 5.41 Å². The van der Waals surface area contributed by atoms with E-state index in [1.807, 2.05) is 0 Å². The number of carboxylic acids is 1. The summed E-state index contributed by atoms with van der Waals surface area (Å²) in [5, 5.41) is 19.2. The SMILES string of the molecule is N=C(N)NCCC[C@]1(C(=O)O)C(=O)CCCC(=O)N1C(=O)CN. The lowest BCUT2D eigenvalue weighted by Gasteiger charge is -2.36. The molecule has 128 valence electrons. The molecule has 1 heterocycles. The van der Waals surface area contributed by atoms with Crippen LogP contribution in [0.5, 0.6) is 0 Å². The van der Waals surface area contributed by atoms with Crippen LogP contribution in [0, 0.1) is 5.41 Å². The van der Waals surface area contributed by atoms with Crippen LogP contribution in [0.4, 0.5) is 0 Å². The Labute approximate surface area is 132 Å². The Kier molecular flexibility index (Phi) is 6.19. The molecule has 7 N–H and O–H groups in total. The fourth-order valence-corrected chi connectivity index (χ4v) is 2.64. The number of Topliss-reactive ketones (excluding diaryl/α,β-unsaturated/α-hetero) is 1. The van der Waals surface area contributed by atoms with E-state index in [1.165, 1.54) is 0 Å². The number of imide groups is 1. The van der Waals surface area contributed by atoms with Gasteiger partial charge in [-0.25, -0.2) is 4.79 Å². The van der Waals surface area contributed by atoms with Gasteiger partial charge in [0.15, 0.2) is 11.7 Å². The zero-order valence-electron chi connectivity index (χ0n) is 12.6. The van der Waals surface area contributed by atoms with Gasteiger partial charge >= 0.3 is 5.97 Å². The highest BCUT2D eigenvalue weighted by molar-refractivity contribution is 6.16. The van der Waals surface area contributed by atoms with Gasteiger partial charge in [-0.3, -0.25) is 24.7 Å². The monoisotopic (exact) mass is 327 g/mol. The van der Waals surface area contributed by atoms with Crippen molar-refractivity contribution >= 4 is 29.5 Å². The summed E-state index contributed by atoms with van der Waals surface area (Å²) < 4.78 is 0. The quantitative estimate of drug-likeness (QED) is 0.163. The molecule has 0 unspecified atom stereocenters. The highest BCUT2D eigenvalue weighted by atomic mass is 16.4. The molecule has 1 aliphatic heterocycles. The number of likely N-dealkylation sites (tertiary alicyclic amines) is 1. The van der Waals surface area contributed by atoms with Crippen LogP contribution in [0.25, 0.3) is 0 Å². The third kappa shape index (κ3) is 3.83. The molecule has 0 saturated carbocycles. The number of carbonyl (C=O) groups excluding carboxylic acids is 3. The molecular formula is C13H21N5O5. The summed E-state index contributed by atoms with van der Waals surface area (Å²) in [5.74, 6) is -4.16. The molecule has 10 nitrogen and oxygen atoms in total. The number of nitrogens with two attached hydrogens (primary N) is 2. The van der Waals surface area contributed by atoms with Gasteiger partial charge in [-0.2, -0.15) is 0 Å². The molecule has 0 aromatic rings. The maximum absolute atomic E-state index is 12.4. The number of guanidine groups is 1. The first-order valence-electron chi connectivity index (χ1n) is 7.18. The van der Waals surface area contributed by atoms with Gasteiger partial charge in [-0.05, 0) is 19.3 Å². The lowest BCUT2D eigenvalue weighted by atomic mass is 9.85. The predicted molar refractivity (Wildman–Crippen MR) is 79.3 cm³/mol. The minimum absolute atomic E-state index is 0.0851. The molecule has 23 heavy (non-hydrogen) atoms. The number of nitrogens with zero attached hydrogens (tertiary/aromatic N) is 1. The molecule has 0 spiro atoms. The predicted octanol–water partition coefficient (Wildman–Crippen LogP) is -1.86. The van der Waals surface area contributed by atoms with Crippen LogP contribution < -0.4 is 16.8 Å². The minimum atomic E-state index is -2.25. The molecule has 0 aliphatic carbocycles. The molecule has 1 rings (SSSR count). The number of carboxylic acid groups (broad SMARTS) is 1. The maximum atomic E-state index is 12.4. The van der Waals surface area contributed by atoms with Crippen LogP contribution in [-0.2, 0) is 19.2 Å². The van der Waals surface area contributed by atoms with Crippen molar-refractivity contribution in [1.82, 2.24) is 10.2 Å². The van der Waals surface area contributed by atoms with Gasteiger partial charge in [-0.1, -0.05) is 0 Å². The number of ketones is 1. The summed E-state index contributed by atoms with van der Waals surface area (Å²) in [6, 6.07) is 0. The van der Waals surface area contributed by atoms with Gasteiger partial charge in [0.2, 0.25) is 17.4 Å². The zero-order chi connectivity index (χ0) is 17.6. The van der Waals surface area contributed by atoms with E-state index >= 15 is 0 Å². The average Bonchev–Trinajstić information content (AvgIpc) is 2.60. The summed E-state index contributed by atoms with van der Waals surface area (Å²) in [6.07, 6.45) is -0.143. The van der Waals surface area contributed by atoms with Crippen LogP contribution in [0.15, 0.2) is 0 Å². The van der Waals surface area contributed by atoms with Crippen LogP contribution in [-0.4, -0.2) is 58.2 Å². The Morgan fingerprint density at radius 3 is 2.52 bits per heavy atom. The fraction of sp³-hybridized carbons (Fsp3) is 0.615. The Morgan fingerprint density at radius 1 is 1.35 bits per heavy atom. The largest absolute Gasteiger partial charge is 0.479 e. The van der Waals surface area contributed by atoms with E-state index < -0.39 is 35.7 Å². The van der Waals surface area contributed by atoms with Crippen molar-refractivity contribution in [2.75, 3.05) is 13.1 Å². The Morgan fingerprint density at radius 2 is 2.00 bits per heavy atom. The fourth-order valence-electron chi connectivity index (χ4n) is 2.64. The van der Waals surface area contributed by atoms with Crippen molar-refractivity contribution in [2.24, 2.45) is 11.5 Å². The van der Waals surface area contributed by atoms with Gasteiger partial charge in [0.1, 0.15) is 0 Å². The second-order valence-electron chi connectivity index (χ2n) is 5.21. The summed E-state index contributed by atoms with van der Waals surface area (Å²) in [7, 11) is 0. The molecule has 0 aromatic carbocycles. The van der Waals surface area contributed by atoms with Gasteiger partial charge in [0.05, 0.1) is 6.54 Å². The standard InChI is InChI=1S/C13H21N5O5/c14-7-10(21)18-9(20)4-1-3-8(19)13(18,11(22)23)5-2-6-17-12(15)16/h1-7,14H2,(H,22,23)(H4,15,16,17)/t13-/m1/s1. The van der Waals surface area contributed by atoms with E-state index in [-0.39, 0.29) is 44.6 Å². The van der Waals surface area contributed by atoms with E-state index in [0.29, 0.717) is 4.90 Å². The third-order valence-electron chi connectivity index (χ3n) is 3.70. The Hall–Kier alpha value is -2.49. The van der Waals surface area contributed by atoms with E-state index in [0.717, 1.165) is 0 Å². The molecule has 0 radical (unpaired) electrons. The van der Waals surface area contributed by atoms with Gasteiger partial charge in [-0.15, -0.1) is 0 Å². The van der Waals surface area contributed by atoms with Gasteiger partial charge in [0, 0.05) is 19.4 Å². The number of hydrogen-bond acceptors (Lipinski definition) is 6.